The standard InChI is InChI=1S/C14H16BrNO3/c15-11-3-1-2-10(4-11)14(19-5-12(17)18)6-13(7-14)8-16-9-13/h1-4,16H,5-9H2,(H,17,18). The molecule has 5 heteroatoms. The highest BCUT2D eigenvalue weighted by atomic mass is 79.9. The quantitative estimate of drug-likeness (QED) is 0.890. The topological polar surface area (TPSA) is 58.6 Å². The van der Waals surface area contributed by atoms with E-state index in [2.05, 4.69) is 21.2 Å². The lowest BCUT2D eigenvalue weighted by Gasteiger charge is -2.60. The van der Waals surface area contributed by atoms with Crippen LogP contribution in [0.3, 0.4) is 0 Å². The van der Waals surface area contributed by atoms with Crippen LogP contribution in [0.5, 0.6) is 0 Å². The lowest BCUT2D eigenvalue weighted by molar-refractivity contribution is -0.199. The monoisotopic (exact) mass is 325 g/mol. The minimum absolute atomic E-state index is 0.240. The Kier molecular flexibility index (Phi) is 3.15. The zero-order valence-corrected chi connectivity index (χ0v) is 12.1. The van der Waals surface area contributed by atoms with Crippen LogP contribution in [0.2, 0.25) is 0 Å². The number of hydrogen-bond acceptors (Lipinski definition) is 3. The van der Waals surface area contributed by atoms with Gasteiger partial charge in [0.05, 0.1) is 5.60 Å². The summed E-state index contributed by atoms with van der Waals surface area (Å²) in [5.41, 5.74) is 0.964. The molecule has 2 aliphatic rings. The van der Waals surface area contributed by atoms with E-state index in [1.807, 2.05) is 24.3 Å². The van der Waals surface area contributed by atoms with Crippen LogP contribution in [-0.2, 0) is 15.1 Å². The van der Waals surface area contributed by atoms with Crippen LogP contribution in [0.4, 0.5) is 0 Å². The molecule has 1 aliphatic heterocycles. The van der Waals surface area contributed by atoms with E-state index in [9.17, 15) is 4.79 Å². The van der Waals surface area contributed by atoms with E-state index in [-0.39, 0.29) is 6.61 Å². The predicted molar refractivity (Wildman–Crippen MR) is 73.9 cm³/mol. The van der Waals surface area contributed by atoms with Crippen LogP contribution < -0.4 is 5.32 Å². The third-order valence-electron chi connectivity index (χ3n) is 4.14. The van der Waals surface area contributed by atoms with Gasteiger partial charge in [-0.2, -0.15) is 0 Å². The molecule has 0 aromatic heterocycles. The second-order valence-corrected chi connectivity index (χ2v) is 6.56. The van der Waals surface area contributed by atoms with E-state index in [0.717, 1.165) is 36.0 Å². The molecule has 1 saturated heterocycles. The van der Waals surface area contributed by atoms with Crippen molar-refractivity contribution < 1.29 is 14.6 Å². The van der Waals surface area contributed by atoms with Crippen molar-refractivity contribution in [3.8, 4) is 0 Å². The Morgan fingerprint density at radius 1 is 1.42 bits per heavy atom. The molecule has 0 atom stereocenters. The Morgan fingerprint density at radius 3 is 2.68 bits per heavy atom. The molecule has 0 unspecified atom stereocenters. The lowest BCUT2D eigenvalue weighted by Crippen LogP contribution is -2.66. The number of carboxylic acids is 1. The highest BCUT2D eigenvalue weighted by molar-refractivity contribution is 9.10. The van der Waals surface area contributed by atoms with Gasteiger partial charge in [0.15, 0.2) is 0 Å². The van der Waals surface area contributed by atoms with Gasteiger partial charge in [0.1, 0.15) is 6.61 Å². The summed E-state index contributed by atoms with van der Waals surface area (Å²) in [4.78, 5) is 10.8. The molecule has 1 spiro atoms. The second kappa shape index (κ2) is 4.58. The van der Waals surface area contributed by atoms with Crippen molar-refractivity contribution in [2.45, 2.75) is 18.4 Å². The normalized spacial score (nSPS) is 22.6. The second-order valence-electron chi connectivity index (χ2n) is 5.64. The van der Waals surface area contributed by atoms with Gasteiger partial charge in [0.2, 0.25) is 0 Å². The van der Waals surface area contributed by atoms with E-state index in [1.165, 1.54) is 0 Å². The Balaban J connectivity index is 1.83. The molecular weight excluding hydrogens is 310 g/mol. The maximum absolute atomic E-state index is 10.8. The van der Waals surface area contributed by atoms with Gasteiger partial charge in [0, 0.05) is 23.0 Å². The first-order valence-electron chi connectivity index (χ1n) is 6.36. The van der Waals surface area contributed by atoms with Gasteiger partial charge in [-0.15, -0.1) is 0 Å². The average molecular weight is 326 g/mol. The maximum Gasteiger partial charge on any atom is 0.329 e. The molecular formula is C14H16BrNO3. The summed E-state index contributed by atoms with van der Waals surface area (Å²) in [6, 6.07) is 7.98. The van der Waals surface area contributed by atoms with Crippen molar-refractivity contribution in [1.29, 1.82) is 0 Å². The van der Waals surface area contributed by atoms with Gasteiger partial charge in [-0.05, 0) is 30.5 Å². The third kappa shape index (κ3) is 2.30. The predicted octanol–water partition coefficient (Wildman–Crippen LogP) is 2.13. The Morgan fingerprint density at radius 2 is 2.16 bits per heavy atom. The number of carbonyl (C=O) groups is 1. The first-order chi connectivity index (χ1) is 9.04. The summed E-state index contributed by atoms with van der Waals surface area (Å²) in [6.07, 6.45) is 1.80. The highest BCUT2D eigenvalue weighted by Gasteiger charge is 2.59. The SMILES string of the molecule is O=C(O)COC1(c2cccc(Br)c2)CC2(CNC2)C1. The number of aliphatic carboxylic acids is 1. The molecule has 4 nitrogen and oxygen atoms in total. The first kappa shape index (κ1) is 13.1. The Bertz CT molecular complexity index is 505. The van der Waals surface area contributed by atoms with Gasteiger partial charge in [-0.3, -0.25) is 0 Å². The molecule has 102 valence electrons. The number of benzene rings is 1. The molecule has 2 N–H and O–H groups in total. The van der Waals surface area contributed by atoms with Crippen molar-refractivity contribution in [3.63, 3.8) is 0 Å². The fraction of sp³-hybridized carbons (Fsp3) is 0.500. The van der Waals surface area contributed by atoms with Crippen LogP contribution >= 0.6 is 15.9 Å². The van der Waals surface area contributed by atoms with Gasteiger partial charge >= 0.3 is 5.97 Å². The summed E-state index contributed by atoms with van der Waals surface area (Å²) in [5, 5.41) is 12.1. The molecule has 0 amide bonds. The van der Waals surface area contributed by atoms with Gasteiger partial charge in [-0.25, -0.2) is 4.79 Å². The molecule has 0 bridgehead atoms. The fourth-order valence-electron chi connectivity index (χ4n) is 3.25. The van der Waals surface area contributed by atoms with Crippen LogP contribution in [-0.4, -0.2) is 30.8 Å². The molecule has 1 aromatic carbocycles. The van der Waals surface area contributed by atoms with Crippen molar-refractivity contribution in [1.82, 2.24) is 5.32 Å². The number of halogens is 1. The molecule has 1 aromatic rings. The lowest BCUT2D eigenvalue weighted by atomic mass is 9.54. The minimum atomic E-state index is -0.915. The summed E-state index contributed by atoms with van der Waals surface area (Å²) < 4.78 is 6.75. The van der Waals surface area contributed by atoms with Crippen LogP contribution in [0, 0.1) is 5.41 Å². The average Bonchev–Trinajstić information content (AvgIpc) is 2.25. The van der Waals surface area contributed by atoms with Crippen molar-refractivity contribution in [2.75, 3.05) is 19.7 Å². The van der Waals surface area contributed by atoms with Gasteiger partial charge in [0.25, 0.3) is 0 Å². The highest BCUT2D eigenvalue weighted by Crippen LogP contribution is 2.58. The number of nitrogens with one attached hydrogen (secondary N) is 1. The summed E-state index contributed by atoms with van der Waals surface area (Å²) in [7, 11) is 0. The van der Waals surface area contributed by atoms with E-state index >= 15 is 0 Å². The summed E-state index contributed by atoms with van der Waals surface area (Å²) >= 11 is 3.46. The molecule has 1 heterocycles. The number of hydrogen-bond donors (Lipinski definition) is 2. The van der Waals surface area contributed by atoms with Crippen molar-refractivity contribution in [3.05, 3.63) is 34.3 Å². The first-order valence-corrected chi connectivity index (χ1v) is 7.16. The Labute approximate surface area is 120 Å². The molecule has 3 rings (SSSR count). The molecule has 1 saturated carbocycles. The molecule has 1 aliphatic carbocycles. The van der Waals surface area contributed by atoms with Crippen LogP contribution in [0.1, 0.15) is 18.4 Å². The van der Waals surface area contributed by atoms with E-state index in [0.29, 0.717) is 5.41 Å². The smallest absolute Gasteiger partial charge is 0.329 e. The van der Waals surface area contributed by atoms with E-state index in [4.69, 9.17) is 9.84 Å². The maximum atomic E-state index is 10.8. The molecule has 2 fully saturated rings. The largest absolute Gasteiger partial charge is 0.480 e. The third-order valence-corrected chi connectivity index (χ3v) is 4.64. The zero-order chi connectivity index (χ0) is 13.5. The van der Waals surface area contributed by atoms with E-state index in [1.54, 1.807) is 0 Å². The number of rotatable bonds is 4. The summed E-state index contributed by atoms with van der Waals surface area (Å²) in [5.74, 6) is -0.915. The van der Waals surface area contributed by atoms with Gasteiger partial charge < -0.3 is 15.2 Å². The van der Waals surface area contributed by atoms with Crippen LogP contribution in [0.25, 0.3) is 0 Å². The summed E-state index contributed by atoms with van der Waals surface area (Å²) in [6.45, 7) is 1.79. The van der Waals surface area contributed by atoms with Gasteiger partial charge in [-0.1, -0.05) is 28.1 Å². The molecule has 0 radical (unpaired) electrons. The number of ether oxygens (including phenoxy) is 1. The zero-order valence-electron chi connectivity index (χ0n) is 10.5. The molecule has 19 heavy (non-hydrogen) atoms. The minimum Gasteiger partial charge on any atom is -0.480 e. The number of carboxylic acid groups (broad SMARTS) is 1. The van der Waals surface area contributed by atoms with Crippen LogP contribution in [0.15, 0.2) is 28.7 Å². The van der Waals surface area contributed by atoms with Crippen molar-refractivity contribution in [2.24, 2.45) is 5.41 Å². The van der Waals surface area contributed by atoms with E-state index < -0.39 is 11.6 Å². The fourth-order valence-corrected chi connectivity index (χ4v) is 3.65. The Hall–Kier alpha value is -0.910. The van der Waals surface area contributed by atoms with Crippen molar-refractivity contribution >= 4 is 21.9 Å².